The Morgan fingerprint density at radius 3 is 2.85 bits per heavy atom. The molecule has 1 aromatic carbocycles. The van der Waals surface area contributed by atoms with Gasteiger partial charge in [-0.3, -0.25) is 0 Å². The van der Waals surface area contributed by atoms with Gasteiger partial charge in [-0.05, 0) is 17.7 Å². The Hall–Kier alpha value is -1.76. The molecule has 0 bridgehead atoms. The zero-order chi connectivity index (χ0) is 9.84. The van der Waals surface area contributed by atoms with Crippen LogP contribution in [0.5, 0.6) is 11.5 Å². The smallest absolute Gasteiger partial charge is 0.194 e. The number of hydrogen-bond acceptors (Lipinski definition) is 3. The summed E-state index contributed by atoms with van der Waals surface area (Å²) in [5.74, 6) is -1.25. The first-order valence-electron chi connectivity index (χ1n) is 3.61. The Morgan fingerprint density at radius 2 is 2.31 bits per heavy atom. The standard InChI is InChI=1S/C9H8FNO2/c1-13-8-5-6(2-3-11)4-7(10)9(8)12/h4-5,12H,2H2,1H3. The molecule has 0 aromatic heterocycles. The number of benzene rings is 1. The lowest BCUT2D eigenvalue weighted by atomic mass is 10.1. The molecule has 1 aromatic rings. The first-order valence-corrected chi connectivity index (χ1v) is 3.61. The summed E-state index contributed by atoms with van der Waals surface area (Å²) in [6.45, 7) is 0. The molecule has 3 nitrogen and oxygen atoms in total. The van der Waals surface area contributed by atoms with Gasteiger partial charge in [0.1, 0.15) is 0 Å². The molecule has 0 aliphatic carbocycles. The first-order chi connectivity index (χ1) is 6.19. The average molecular weight is 181 g/mol. The van der Waals surface area contributed by atoms with Gasteiger partial charge in [-0.1, -0.05) is 0 Å². The predicted molar refractivity (Wildman–Crippen MR) is 43.9 cm³/mol. The highest BCUT2D eigenvalue weighted by molar-refractivity contribution is 5.43. The second-order valence-electron chi connectivity index (χ2n) is 2.46. The summed E-state index contributed by atoms with van der Waals surface area (Å²) in [4.78, 5) is 0. The molecule has 4 heteroatoms. The van der Waals surface area contributed by atoms with Crippen LogP contribution < -0.4 is 4.74 Å². The van der Waals surface area contributed by atoms with Crippen molar-refractivity contribution in [3.05, 3.63) is 23.5 Å². The molecule has 13 heavy (non-hydrogen) atoms. The van der Waals surface area contributed by atoms with E-state index in [4.69, 9.17) is 15.1 Å². The SMILES string of the molecule is COc1cc(CC#N)cc(F)c1O. The number of hydrogen-bond donors (Lipinski definition) is 1. The summed E-state index contributed by atoms with van der Waals surface area (Å²) in [6, 6.07) is 4.42. The van der Waals surface area contributed by atoms with E-state index in [-0.39, 0.29) is 12.2 Å². The van der Waals surface area contributed by atoms with Gasteiger partial charge in [-0.25, -0.2) is 4.39 Å². The minimum Gasteiger partial charge on any atom is -0.502 e. The van der Waals surface area contributed by atoms with Gasteiger partial charge in [-0.15, -0.1) is 0 Å². The molecule has 0 saturated carbocycles. The van der Waals surface area contributed by atoms with Crippen LogP contribution in [0.25, 0.3) is 0 Å². The fourth-order valence-electron chi connectivity index (χ4n) is 0.976. The van der Waals surface area contributed by atoms with Crippen LogP contribution in [-0.2, 0) is 6.42 Å². The molecular formula is C9H8FNO2. The normalized spacial score (nSPS) is 9.31. The van der Waals surface area contributed by atoms with Crippen molar-refractivity contribution >= 4 is 0 Å². The number of ether oxygens (including phenoxy) is 1. The summed E-state index contributed by atoms with van der Waals surface area (Å²) in [5.41, 5.74) is 0.481. The average Bonchev–Trinajstić information content (AvgIpc) is 2.11. The molecule has 0 heterocycles. The van der Waals surface area contributed by atoms with Crippen molar-refractivity contribution in [2.75, 3.05) is 7.11 Å². The van der Waals surface area contributed by atoms with Crippen molar-refractivity contribution < 1.29 is 14.2 Å². The molecule has 1 rings (SSSR count). The lowest BCUT2D eigenvalue weighted by molar-refractivity contribution is 0.356. The lowest BCUT2D eigenvalue weighted by Crippen LogP contribution is -1.90. The number of halogens is 1. The third-order valence-corrected chi connectivity index (χ3v) is 1.59. The molecule has 0 fully saturated rings. The Labute approximate surface area is 75.0 Å². The van der Waals surface area contributed by atoms with E-state index in [2.05, 4.69) is 0 Å². The minimum atomic E-state index is -0.774. The van der Waals surface area contributed by atoms with Crippen LogP contribution in [0.3, 0.4) is 0 Å². The fourth-order valence-corrected chi connectivity index (χ4v) is 0.976. The van der Waals surface area contributed by atoms with Crippen LogP contribution in [0, 0.1) is 17.1 Å². The molecule has 0 aliphatic heterocycles. The number of rotatable bonds is 2. The van der Waals surface area contributed by atoms with Gasteiger partial charge < -0.3 is 9.84 Å². The largest absolute Gasteiger partial charge is 0.502 e. The van der Waals surface area contributed by atoms with E-state index in [9.17, 15) is 4.39 Å². The molecule has 0 saturated heterocycles. The molecule has 0 unspecified atom stereocenters. The van der Waals surface area contributed by atoms with E-state index in [1.165, 1.54) is 13.2 Å². The summed E-state index contributed by atoms with van der Waals surface area (Å²) in [5, 5.41) is 17.5. The number of phenols is 1. The van der Waals surface area contributed by atoms with Crippen molar-refractivity contribution in [1.29, 1.82) is 5.26 Å². The van der Waals surface area contributed by atoms with Gasteiger partial charge in [0.05, 0.1) is 19.6 Å². The Morgan fingerprint density at radius 1 is 1.62 bits per heavy atom. The minimum absolute atomic E-state index is 0.0465. The summed E-state index contributed by atoms with van der Waals surface area (Å²) < 4.78 is 17.6. The number of phenolic OH excluding ortho intramolecular Hbond substituents is 1. The predicted octanol–water partition coefficient (Wildman–Crippen LogP) is 1.61. The topological polar surface area (TPSA) is 53.2 Å². The second kappa shape index (κ2) is 3.76. The monoisotopic (exact) mass is 181 g/mol. The first kappa shape index (κ1) is 9.33. The number of nitrogens with zero attached hydrogens (tertiary/aromatic N) is 1. The highest BCUT2D eigenvalue weighted by Gasteiger charge is 2.09. The summed E-state index contributed by atoms with van der Waals surface area (Å²) in [7, 11) is 1.32. The molecule has 0 spiro atoms. The zero-order valence-electron chi connectivity index (χ0n) is 7.04. The highest BCUT2D eigenvalue weighted by atomic mass is 19.1. The van der Waals surface area contributed by atoms with Crippen molar-refractivity contribution in [2.24, 2.45) is 0 Å². The van der Waals surface area contributed by atoms with Crippen molar-refractivity contribution in [2.45, 2.75) is 6.42 Å². The number of aromatic hydroxyl groups is 1. The van der Waals surface area contributed by atoms with Gasteiger partial charge in [0.2, 0.25) is 0 Å². The summed E-state index contributed by atoms with van der Waals surface area (Å²) >= 11 is 0. The third kappa shape index (κ3) is 1.88. The number of methoxy groups -OCH3 is 1. The van der Waals surface area contributed by atoms with Crippen molar-refractivity contribution in [3.63, 3.8) is 0 Å². The van der Waals surface area contributed by atoms with Gasteiger partial charge in [-0.2, -0.15) is 5.26 Å². The van der Waals surface area contributed by atoms with Crippen LogP contribution in [0.1, 0.15) is 5.56 Å². The van der Waals surface area contributed by atoms with Crippen LogP contribution in [0.15, 0.2) is 12.1 Å². The van der Waals surface area contributed by atoms with E-state index in [1.807, 2.05) is 6.07 Å². The Kier molecular flexibility index (Phi) is 2.70. The summed E-state index contributed by atoms with van der Waals surface area (Å²) in [6.07, 6.45) is 0.0908. The molecule has 0 amide bonds. The van der Waals surface area contributed by atoms with Crippen LogP contribution in [-0.4, -0.2) is 12.2 Å². The maximum atomic E-state index is 12.9. The molecule has 0 atom stereocenters. The maximum absolute atomic E-state index is 12.9. The molecule has 68 valence electrons. The quantitative estimate of drug-likeness (QED) is 0.754. The van der Waals surface area contributed by atoms with E-state index in [0.717, 1.165) is 6.07 Å². The highest BCUT2D eigenvalue weighted by Crippen LogP contribution is 2.29. The van der Waals surface area contributed by atoms with E-state index in [1.54, 1.807) is 0 Å². The van der Waals surface area contributed by atoms with E-state index >= 15 is 0 Å². The second-order valence-corrected chi connectivity index (χ2v) is 2.46. The van der Waals surface area contributed by atoms with Crippen LogP contribution >= 0.6 is 0 Å². The van der Waals surface area contributed by atoms with Crippen LogP contribution in [0.2, 0.25) is 0 Å². The van der Waals surface area contributed by atoms with E-state index < -0.39 is 11.6 Å². The van der Waals surface area contributed by atoms with Gasteiger partial charge >= 0.3 is 0 Å². The van der Waals surface area contributed by atoms with E-state index in [0.29, 0.717) is 5.56 Å². The van der Waals surface area contributed by atoms with Crippen molar-refractivity contribution in [1.82, 2.24) is 0 Å². The van der Waals surface area contributed by atoms with Gasteiger partial charge in [0.25, 0.3) is 0 Å². The van der Waals surface area contributed by atoms with Gasteiger partial charge in [0.15, 0.2) is 17.3 Å². The molecule has 0 radical (unpaired) electrons. The number of nitriles is 1. The lowest BCUT2D eigenvalue weighted by Gasteiger charge is -2.05. The fraction of sp³-hybridized carbons (Fsp3) is 0.222. The third-order valence-electron chi connectivity index (χ3n) is 1.59. The molecular weight excluding hydrogens is 173 g/mol. The molecule has 0 aliphatic rings. The Balaban J connectivity index is 3.16. The maximum Gasteiger partial charge on any atom is 0.194 e. The van der Waals surface area contributed by atoms with Crippen molar-refractivity contribution in [3.8, 4) is 17.6 Å². The van der Waals surface area contributed by atoms with Gasteiger partial charge in [0, 0.05) is 0 Å². The van der Waals surface area contributed by atoms with Crippen LogP contribution in [0.4, 0.5) is 4.39 Å². The Bertz CT molecular complexity index is 357. The zero-order valence-corrected chi connectivity index (χ0v) is 7.04. The molecule has 1 N–H and O–H groups in total.